The van der Waals surface area contributed by atoms with Gasteiger partial charge in [-0.05, 0) is 0 Å². The zero-order valence-electron chi connectivity index (χ0n) is 11.2. The molecular weight excluding hydrogens is 478 g/mol. The number of carboxylic acid groups (broad SMARTS) is 6. The Kier molecular flexibility index (Phi) is 30.7. The summed E-state index contributed by atoms with van der Waals surface area (Å²) in [6.07, 6.45) is -3.08. The zero-order valence-corrected chi connectivity index (χ0v) is 16.9. The van der Waals surface area contributed by atoms with Gasteiger partial charge in [-0.3, -0.25) is 0 Å². The van der Waals surface area contributed by atoms with E-state index < -0.39 is 55.1 Å². The average Bonchev–Trinajstić information content (AvgIpc) is 2.10. The van der Waals surface area contributed by atoms with Crippen LogP contribution < -0.4 is 30.6 Å². The summed E-state index contributed by atoms with van der Waals surface area (Å²) in [6.45, 7) is 0. The first-order valence-corrected chi connectivity index (χ1v) is 4.57. The van der Waals surface area contributed by atoms with Gasteiger partial charge in [0.1, 0.15) is 0 Å². The molecule has 0 amide bonds. The van der Waals surface area contributed by atoms with E-state index in [0.29, 0.717) is 0 Å². The van der Waals surface area contributed by atoms with Crippen molar-refractivity contribution in [2.45, 2.75) is 19.3 Å². The number of carbonyl (C=O) groups excluding carboxylic acids is 6. The molecule has 0 spiro atoms. The Hall–Kier alpha value is -0.972. The van der Waals surface area contributed by atoms with Gasteiger partial charge in [-0.2, -0.15) is 0 Å². The van der Waals surface area contributed by atoms with Crippen LogP contribution >= 0.6 is 0 Å². The Morgan fingerprint density at radius 1 is 0.391 bits per heavy atom. The van der Waals surface area contributed by atoms with E-state index >= 15 is 0 Å². The first kappa shape index (κ1) is 33.6. The number of aliphatic carboxylic acids is 6. The Morgan fingerprint density at radius 2 is 0.478 bits per heavy atom. The monoisotopic (exact) mass is 484 g/mol. The predicted octanol–water partition coefficient (Wildman–Crippen LogP) is -9.38. The fraction of sp³-hybridized carbons (Fsp3) is 0.333. The van der Waals surface area contributed by atoms with Crippen LogP contribution in [0, 0.1) is 0 Å². The predicted molar refractivity (Wildman–Crippen MR) is 43.9 cm³/mol. The van der Waals surface area contributed by atoms with Crippen molar-refractivity contribution in [2.24, 2.45) is 0 Å². The topological polar surface area (TPSA) is 241 Å². The Balaban J connectivity index is -0.0000000675. The molecule has 0 aromatic heterocycles. The van der Waals surface area contributed by atoms with Gasteiger partial charge in [0, 0.05) is 55.1 Å². The Morgan fingerprint density at radius 3 is 0.478 bits per heavy atom. The van der Waals surface area contributed by atoms with E-state index in [-0.39, 0.29) is 65.4 Å². The van der Waals surface area contributed by atoms with Crippen LogP contribution in [0.15, 0.2) is 0 Å². The van der Waals surface area contributed by atoms with E-state index in [1.807, 2.05) is 0 Å². The summed E-state index contributed by atoms with van der Waals surface area (Å²) in [5, 5.41) is 55.7. The van der Waals surface area contributed by atoms with Gasteiger partial charge < -0.3 is 59.4 Å². The van der Waals surface area contributed by atoms with E-state index in [4.69, 9.17) is 0 Å². The molecule has 0 aromatic carbocycles. The van der Waals surface area contributed by atoms with Gasteiger partial charge in [0.15, 0.2) is 0 Å². The van der Waals surface area contributed by atoms with Crippen LogP contribution in [-0.2, 0) is 94.2 Å². The van der Waals surface area contributed by atoms with Crippen molar-refractivity contribution in [1.29, 1.82) is 0 Å². The molecule has 0 radical (unpaired) electrons. The summed E-state index contributed by atoms with van der Waals surface area (Å²) in [4.78, 5) is 55.7. The van der Waals surface area contributed by atoms with Gasteiger partial charge in [0.05, 0.1) is 0 Å². The largest absolute Gasteiger partial charge is 3.00 e. The second kappa shape index (κ2) is 21.0. The minimum atomic E-state index is -1.63. The van der Waals surface area contributed by atoms with Crippen LogP contribution in [0.2, 0.25) is 0 Å². The van der Waals surface area contributed by atoms with Gasteiger partial charge in [0.2, 0.25) is 0 Å². The number of hydrogen-bond acceptors (Lipinski definition) is 12. The third-order valence-electron chi connectivity index (χ3n) is 0.866. The molecule has 0 aromatic rings. The fourth-order valence-corrected chi connectivity index (χ4v) is 0.354. The molecule has 0 N–H and O–H groups in total. The van der Waals surface area contributed by atoms with Crippen molar-refractivity contribution in [1.82, 2.24) is 0 Å². The van der Waals surface area contributed by atoms with Gasteiger partial charge >= 0.3 is 65.4 Å². The molecule has 14 heteroatoms. The SMILES string of the molecule is O=C([O-])CC(=O)[O-].O=C([O-])CC(=O)[O-].O=C([O-])CC(=O)[O-].[Y+3].[Y+3]. The summed E-state index contributed by atoms with van der Waals surface area (Å²) in [6, 6.07) is 0. The molecule has 0 saturated heterocycles. The molecule has 0 heterocycles. The summed E-state index contributed by atoms with van der Waals surface area (Å²) in [5.41, 5.74) is 0. The second-order valence-corrected chi connectivity index (χ2v) is 2.76. The molecule has 0 unspecified atom stereocenters. The number of carbonyl (C=O) groups is 6. The van der Waals surface area contributed by atoms with E-state index in [0.717, 1.165) is 0 Å². The molecular formula is C9H6O12Y2. The van der Waals surface area contributed by atoms with Crippen molar-refractivity contribution < 1.29 is 125 Å². The summed E-state index contributed by atoms with van der Waals surface area (Å²) < 4.78 is 0. The van der Waals surface area contributed by atoms with Crippen LogP contribution in [-0.4, -0.2) is 35.8 Å². The summed E-state index contributed by atoms with van der Waals surface area (Å²) >= 11 is 0. The molecule has 120 valence electrons. The summed E-state index contributed by atoms with van der Waals surface area (Å²) in [7, 11) is 0. The molecule has 0 aliphatic rings. The van der Waals surface area contributed by atoms with Gasteiger partial charge in [0.25, 0.3) is 0 Å². The molecule has 0 saturated carbocycles. The maximum Gasteiger partial charge on any atom is 3.00 e. The van der Waals surface area contributed by atoms with Crippen LogP contribution in [0.5, 0.6) is 0 Å². The number of hydrogen-bond donors (Lipinski definition) is 0. The van der Waals surface area contributed by atoms with E-state index in [9.17, 15) is 59.4 Å². The molecule has 0 rings (SSSR count). The second-order valence-electron chi connectivity index (χ2n) is 2.76. The van der Waals surface area contributed by atoms with Gasteiger partial charge in [-0.25, -0.2) is 0 Å². The van der Waals surface area contributed by atoms with Crippen LogP contribution in [0.1, 0.15) is 19.3 Å². The van der Waals surface area contributed by atoms with Crippen molar-refractivity contribution in [3.63, 3.8) is 0 Å². The number of rotatable bonds is 6. The van der Waals surface area contributed by atoms with Crippen molar-refractivity contribution in [3.8, 4) is 0 Å². The van der Waals surface area contributed by atoms with Crippen LogP contribution in [0.3, 0.4) is 0 Å². The van der Waals surface area contributed by atoms with Crippen molar-refractivity contribution in [2.75, 3.05) is 0 Å². The standard InChI is InChI=1S/3C3H4O4.2Y/c3*4-2(5)1-3(6)7;;/h3*1H2,(H,4,5)(H,6,7);;/q;;;2*+3/p-6. The van der Waals surface area contributed by atoms with Crippen molar-refractivity contribution >= 4 is 35.8 Å². The minimum Gasteiger partial charge on any atom is -0.550 e. The molecule has 0 bridgehead atoms. The van der Waals surface area contributed by atoms with Gasteiger partial charge in [-0.1, -0.05) is 0 Å². The van der Waals surface area contributed by atoms with E-state index in [1.54, 1.807) is 0 Å². The van der Waals surface area contributed by atoms with Crippen LogP contribution in [0.4, 0.5) is 0 Å². The maximum absolute atomic E-state index is 9.28. The average molecular weight is 484 g/mol. The first-order valence-electron chi connectivity index (χ1n) is 4.57. The molecule has 0 aliphatic heterocycles. The molecule has 12 nitrogen and oxygen atoms in total. The minimum absolute atomic E-state index is 0. The summed E-state index contributed by atoms with van der Waals surface area (Å²) in [5.74, 6) is -9.75. The van der Waals surface area contributed by atoms with Crippen LogP contribution in [0.25, 0.3) is 0 Å². The van der Waals surface area contributed by atoms with Gasteiger partial charge in [-0.15, -0.1) is 0 Å². The van der Waals surface area contributed by atoms with E-state index in [2.05, 4.69) is 0 Å². The Bertz CT molecular complexity index is 321. The third kappa shape index (κ3) is 62.6. The molecule has 0 fully saturated rings. The quantitative estimate of drug-likeness (QED) is 0.319. The van der Waals surface area contributed by atoms with E-state index in [1.165, 1.54) is 0 Å². The first-order chi connectivity index (χ1) is 9.38. The Labute approximate surface area is 178 Å². The third-order valence-corrected chi connectivity index (χ3v) is 0.866. The normalized spacial score (nSPS) is 7.30. The molecule has 0 aliphatic carbocycles. The fourth-order valence-electron chi connectivity index (χ4n) is 0.354. The molecule has 0 atom stereocenters. The zero-order chi connectivity index (χ0) is 17.6. The maximum atomic E-state index is 9.28. The smallest absolute Gasteiger partial charge is 0.550 e. The molecule has 23 heavy (non-hydrogen) atoms. The van der Waals surface area contributed by atoms with Crippen molar-refractivity contribution in [3.05, 3.63) is 0 Å². The number of carboxylic acids is 6.